The maximum atomic E-state index is 12.7. The zero-order valence-corrected chi connectivity index (χ0v) is 39.3. The summed E-state index contributed by atoms with van der Waals surface area (Å²) in [6.07, 6.45) is 28.0. The average Bonchev–Trinajstić information content (AvgIpc) is 3.76. The molecule has 60 heavy (non-hydrogen) atoms. The first kappa shape index (κ1) is 53.7. The summed E-state index contributed by atoms with van der Waals surface area (Å²) in [5.41, 5.74) is 2.57. The topological polar surface area (TPSA) is 147 Å². The van der Waals surface area contributed by atoms with Crippen molar-refractivity contribution in [3.05, 3.63) is 46.3 Å². The standard InChI is InChI=1S/C48H84NO10P/c1-6-8-23-29-43-37-41(4)46(58-43)31-25-19-15-11-9-10-12-17-21-26-32-47(50)54-38-44(39-56-60(52,53)55-35-34-49-5)59-48(51)33-27-22-18-14-13-16-20-24-30-45-40(3)36-42(57-45)28-7-2/h36-37,44,49H,6-35,38-39H2,1-5H3,(H,52,53)/t44-/m1/s1. The molecule has 0 amide bonds. The molecule has 0 aromatic carbocycles. The van der Waals surface area contributed by atoms with Gasteiger partial charge in [-0.2, -0.15) is 0 Å². The molecule has 0 spiro atoms. The second-order valence-corrected chi connectivity index (χ2v) is 18.2. The molecule has 0 fully saturated rings. The summed E-state index contributed by atoms with van der Waals surface area (Å²) in [5, 5.41) is 2.83. The number of phosphoric ester groups is 1. The van der Waals surface area contributed by atoms with Crippen molar-refractivity contribution in [2.75, 3.05) is 33.4 Å². The monoisotopic (exact) mass is 866 g/mol. The minimum atomic E-state index is -4.37. The summed E-state index contributed by atoms with van der Waals surface area (Å²) >= 11 is 0. The van der Waals surface area contributed by atoms with Gasteiger partial charge < -0.3 is 28.5 Å². The van der Waals surface area contributed by atoms with Crippen molar-refractivity contribution >= 4 is 19.8 Å². The Balaban J connectivity index is 1.55. The van der Waals surface area contributed by atoms with E-state index < -0.39 is 26.5 Å². The lowest BCUT2D eigenvalue weighted by atomic mass is 10.0. The fraction of sp³-hybridized carbons (Fsp3) is 0.792. The van der Waals surface area contributed by atoms with Gasteiger partial charge in [0.25, 0.3) is 0 Å². The number of likely N-dealkylation sites (N-methyl/N-ethyl adjacent to an activating group) is 1. The normalized spacial score (nSPS) is 13.1. The molecule has 0 saturated carbocycles. The average molecular weight is 866 g/mol. The molecule has 0 aliphatic rings. The van der Waals surface area contributed by atoms with Crippen molar-refractivity contribution in [1.29, 1.82) is 0 Å². The quantitative estimate of drug-likeness (QED) is 0.0375. The summed E-state index contributed by atoms with van der Waals surface area (Å²) in [6, 6.07) is 4.40. The van der Waals surface area contributed by atoms with E-state index >= 15 is 0 Å². The smallest absolute Gasteiger partial charge is 0.466 e. The largest absolute Gasteiger partial charge is 0.472 e. The Labute approximate surface area is 363 Å². The van der Waals surface area contributed by atoms with Gasteiger partial charge in [0.15, 0.2) is 6.10 Å². The Morgan fingerprint density at radius 3 is 1.58 bits per heavy atom. The number of furan rings is 2. The Bertz CT molecular complexity index is 1440. The van der Waals surface area contributed by atoms with Gasteiger partial charge in [0.1, 0.15) is 29.6 Å². The Hall–Kier alpha value is -2.43. The number of unbranched alkanes of at least 4 members (excludes halogenated alkanes) is 18. The van der Waals surface area contributed by atoms with E-state index in [1.165, 1.54) is 93.9 Å². The lowest BCUT2D eigenvalue weighted by Gasteiger charge is -2.20. The van der Waals surface area contributed by atoms with Crippen LogP contribution in [0.2, 0.25) is 0 Å². The summed E-state index contributed by atoms with van der Waals surface area (Å²) in [6.45, 7) is 8.37. The molecule has 2 atom stereocenters. The van der Waals surface area contributed by atoms with Gasteiger partial charge in [0.05, 0.1) is 13.2 Å². The lowest BCUT2D eigenvalue weighted by molar-refractivity contribution is -0.161. The van der Waals surface area contributed by atoms with Crippen molar-refractivity contribution in [2.24, 2.45) is 0 Å². The number of hydrogen-bond acceptors (Lipinski definition) is 10. The molecule has 11 nitrogen and oxygen atoms in total. The molecular weight excluding hydrogens is 781 g/mol. The van der Waals surface area contributed by atoms with Crippen LogP contribution in [0.15, 0.2) is 21.0 Å². The van der Waals surface area contributed by atoms with E-state index in [1.807, 2.05) is 0 Å². The summed E-state index contributed by atoms with van der Waals surface area (Å²) < 4.78 is 45.4. The highest BCUT2D eigenvalue weighted by atomic mass is 31.2. The van der Waals surface area contributed by atoms with Crippen LogP contribution in [0.5, 0.6) is 0 Å². The molecule has 2 aromatic rings. The number of hydrogen-bond donors (Lipinski definition) is 2. The number of nitrogens with one attached hydrogen (secondary N) is 1. The lowest BCUT2D eigenvalue weighted by Crippen LogP contribution is -2.29. The zero-order valence-electron chi connectivity index (χ0n) is 38.4. The second kappa shape index (κ2) is 34.1. The Morgan fingerprint density at radius 2 is 1.08 bits per heavy atom. The van der Waals surface area contributed by atoms with Crippen molar-refractivity contribution < 1.29 is 46.4 Å². The third kappa shape index (κ3) is 26.8. The molecular formula is C48H84NO10P. The van der Waals surface area contributed by atoms with Crippen LogP contribution < -0.4 is 5.32 Å². The molecule has 0 bridgehead atoms. The van der Waals surface area contributed by atoms with Gasteiger partial charge >= 0.3 is 19.8 Å². The van der Waals surface area contributed by atoms with Gasteiger partial charge in [0, 0.05) is 45.1 Å². The van der Waals surface area contributed by atoms with E-state index in [2.05, 4.69) is 45.1 Å². The number of aryl methyl sites for hydroxylation is 6. The molecule has 0 saturated heterocycles. The summed E-state index contributed by atoms with van der Waals surface area (Å²) in [5.74, 6) is 3.71. The van der Waals surface area contributed by atoms with Crippen molar-refractivity contribution in [1.82, 2.24) is 5.32 Å². The van der Waals surface area contributed by atoms with E-state index in [1.54, 1.807) is 7.05 Å². The van der Waals surface area contributed by atoms with Crippen LogP contribution >= 0.6 is 7.82 Å². The highest BCUT2D eigenvalue weighted by Crippen LogP contribution is 2.43. The van der Waals surface area contributed by atoms with Crippen LogP contribution in [0.1, 0.15) is 202 Å². The summed E-state index contributed by atoms with van der Waals surface area (Å²) in [4.78, 5) is 35.3. The van der Waals surface area contributed by atoms with Crippen molar-refractivity contribution in [3.63, 3.8) is 0 Å². The first-order valence-electron chi connectivity index (χ1n) is 23.8. The SMILES string of the molecule is CCCCCc1cc(C)c(CCCCCCCCCCCCC(=O)OC[C@H](COP(=O)(O)OCCNC)OC(=O)CCCCCCCCCCc2oc(CCC)cc2C)o1. The molecule has 2 heterocycles. The van der Waals surface area contributed by atoms with Crippen molar-refractivity contribution in [2.45, 2.75) is 214 Å². The predicted molar refractivity (Wildman–Crippen MR) is 240 cm³/mol. The minimum Gasteiger partial charge on any atom is -0.466 e. The minimum absolute atomic E-state index is 0.0267. The molecule has 1 unspecified atom stereocenters. The van der Waals surface area contributed by atoms with Gasteiger partial charge in [-0.15, -0.1) is 0 Å². The molecule has 2 N–H and O–H groups in total. The first-order valence-corrected chi connectivity index (χ1v) is 25.3. The fourth-order valence-corrected chi connectivity index (χ4v) is 8.15. The molecule has 346 valence electrons. The molecule has 2 rings (SSSR count). The van der Waals surface area contributed by atoms with Crippen molar-refractivity contribution in [3.8, 4) is 0 Å². The van der Waals surface area contributed by atoms with Gasteiger partial charge in [-0.25, -0.2) is 4.57 Å². The van der Waals surface area contributed by atoms with Crippen LogP contribution in [-0.2, 0) is 58.4 Å². The molecule has 0 aliphatic carbocycles. The number of ether oxygens (including phenoxy) is 2. The van der Waals surface area contributed by atoms with Crippen LogP contribution in [0.25, 0.3) is 0 Å². The first-order chi connectivity index (χ1) is 29.1. The maximum absolute atomic E-state index is 12.7. The summed E-state index contributed by atoms with van der Waals surface area (Å²) in [7, 11) is -2.67. The van der Waals surface area contributed by atoms with E-state index in [9.17, 15) is 19.0 Å². The van der Waals surface area contributed by atoms with E-state index in [0.717, 1.165) is 101 Å². The zero-order chi connectivity index (χ0) is 43.7. The fourth-order valence-electron chi connectivity index (χ4n) is 7.40. The number of carbonyl (C=O) groups is 2. The van der Waals surface area contributed by atoms with Crippen LogP contribution in [0.4, 0.5) is 0 Å². The van der Waals surface area contributed by atoms with E-state index in [4.69, 9.17) is 27.4 Å². The van der Waals surface area contributed by atoms with Gasteiger partial charge in [-0.3, -0.25) is 18.6 Å². The number of phosphoric acid groups is 1. The number of rotatable bonds is 40. The van der Waals surface area contributed by atoms with Crippen LogP contribution in [0, 0.1) is 13.8 Å². The van der Waals surface area contributed by atoms with E-state index in [0.29, 0.717) is 13.0 Å². The Kier molecular flexibility index (Phi) is 30.5. The molecule has 0 radical (unpaired) electrons. The van der Waals surface area contributed by atoms with Crippen LogP contribution in [0.3, 0.4) is 0 Å². The highest BCUT2D eigenvalue weighted by molar-refractivity contribution is 7.47. The van der Waals surface area contributed by atoms with Crippen LogP contribution in [-0.4, -0.2) is 56.3 Å². The molecule has 12 heteroatoms. The van der Waals surface area contributed by atoms with E-state index in [-0.39, 0.29) is 32.0 Å². The highest BCUT2D eigenvalue weighted by Gasteiger charge is 2.26. The van der Waals surface area contributed by atoms with Gasteiger partial charge in [-0.1, -0.05) is 117 Å². The Morgan fingerprint density at radius 1 is 0.617 bits per heavy atom. The third-order valence-electron chi connectivity index (χ3n) is 11.0. The second-order valence-electron chi connectivity index (χ2n) is 16.7. The number of esters is 2. The molecule has 0 aliphatic heterocycles. The maximum Gasteiger partial charge on any atom is 0.472 e. The molecule has 2 aromatic heterocycles. The van der Waals surface area contributed by atoms with Gasteiger partial charge in [0.2, 0.25) is 0 Å². The van der Waals surface area contributed by atoms with Gasteiger partial charge in [-0.05, 0) is 82.7 Å². The number of carbonyl (C=O) groups excluding carboxylic acids is 2. The third-order valence-corrected chi connectivity index (χ3v) is 12.0. The predicted octanol–water partition coefficient (Wildman–Crippen LogP) is 12.6.